The second-order valence-corrected chi connectivity index (χ2v) is 2.80. The molecule has 0 aliphatic heterocycles. The van der Waals surface area contributed by atoms with Crippen LogP contribution in [-0.2, 0) is 4.79 Å². The molecule has 0 heterocycles. The molecule has 0 aromatic rings. The van der Waals surface area contributed by atoms with E-state index in [-0.39, 0.29) is 5.34 Å². The Hall–Kier alpha value is 0.529. The zero-order valence-electron chi connectivity index (χ0n) is 5.13. The average molecular weight is 253 g/mol. The number of halogens is 2. The van der Waals surface area contributed by atoms with Crippen LogP contribution in [0.4, 0.5) is 0 Å². The summed E-state index contributed by atoms with van der Waals surface area (Å²) < 4.78 is 0. The van der Waals surface area contributed by atoms with Gasteiger partial charge in [0.2, 0.25) is 0 Å². The van der Waals surface area contributed by atoms with Crippen LogP contribution in [0.5, 0.6) is 0 Å². The van der Waals surface area contributed by atoms with Gasteiger partial charge in [0.1, 0.15) is 0 Å². The fourth-order valence-corrected chi connectivity index (χ4v) is 0.406. The van der Waals surface area contributed by atoms with Crippen LogP contribution in [0, 0.1) is 0 Å². The van der Waals surface area contributed by atoms with Crippen LogP contribution in [0.25, 0.3) is 0 Å². The van der Waals surface area contributed by atoms with Crippen molar-refractivity contribution in [3.63, 3.8) is 0 Å². The molecule has 0 aromatic heterocycles. The Labute approximate surface area is 77.7 Å². The van der Waals surface area contributed by atoms with E-state index in [4.69, 9.17) is 34.0 Å². The zero-order valence-corrected chi connectivity index (χ0v) is 8.52. The van der Waals surface area contributed by atoms with Crippen molar-refractivity contribution in [1.82, 2.24) is 0 Å². The van der Waals surface area contributed by atoms with E-state index < -0.39 is 12.0 Å². The molecular formula is C4H9Cl2NO2Se. The van der Waals surface area contributed by atoms with Crippen LogP contribution in [0.1, 0.15) is 0 Å². The molecule has 0 radical (unpaired) electrons. The normalized spacial score (nSPS) is 11.2. The predicted molar refractivity (Wildman–Crippen MR) is 44.1 cm³/mol. The van der Waals surface area contributed by atoms with Crippen LogP contribution in [0.15, 0.2) is 0 Å². The molecule has 62 valence electrons. The summed E-state index contributed by atoms with van der Waals surface area (Å²) >= 11 is 11.7. The molecule has 10 heavy (non-hydrogen) atoms. The van der Waals surface area contributed by atoms with Gasteiger partial charge >= 0.3 is 49.0 Å². The molecule has 0 rings (SSSR count). The van der Waals surface area contributed by atoms with Crippen molar-refractivity contribution in [2.24, 2.45) is 5.73 Å². The summed E-state index contributed by atoms with van der Waals surface area (Å²) in [5.41, 5.74) is 5.00. The van der Waals surface area contributed by atoms with E-state index in [1.165, 1.54) is 0 Å². The van der Waals surface area contributed by atoms with E-state index in [2.05, 4.69) is 16.0 Å². The van der Waals surface area contributed by atoms with Crippen molar-refractivity contribution in [2.45, 2.75) is 11.4 Å². The maximum absolute atomic E-state index is 9.80. The Kier molecular flexibility index (Phi) is 12.5. The number of carboxylic acids is 1. The van der Waals surface area contributed by atoms with E-state index in [1.54, 1.807) is 0 Å². The van der Waals surface area contributed by atoms with E-state index in [0.29, 0.717) is 5.32 Å². The van der Waals surface area contributed by atoms with Crippen LogP contribution < -0.4 is 5.73 Å². The summed E-state index contributed by atoms with van der Waals surface area (Å²) in [5.74, 6) is -0.944. The van der Waals surface area contributed by atoms with E-state index >= 15 is 0 Å². The molecule has 0 aliphatic carbocycles. The standard InChI is InChI=1S/C3H7NO2Se.CH2Cl2/c4-2(1-7)3(5)6;2-1-3/h2,7H,1,4H2,(H,5,6);1H2. The van der Waals surface area contributed by atoms with Crippen LogP contribution in [0.3, 0.4) is 0 Å². The molecule has 0 aromatic carbocycles. The molecule has 0 amide bonds. The van der Waals surface area contributed by atoms with Gasteiger partial charge < -0.3 is 0 Å². The molecule has 3 N–H and O–H groups in total. The number of alkyl halides is 2. The van der Waals surface area contributed by atoms with Gasteiger partial charge in [0, 0.05) is 0 Å². The van der Waals surface area contributed by atoms with Gasteiger partial charge in [-0.3, -0.25) is 0 Å². The third kappa shape index (κ3) is 11.3. The Bertz CT molecular complexity index is 93.3. The number of rotatable bonds is 2. The molecule has 6 heteroatoms. The number of hydrogen-bond acceptors (Lipinski definition) is 2. The van der Waals surface area contributed by atoms with Gasteiger partial charge in [-0.1, -0.05) is 0 Å². The zero-order chi connectivity index (χ0) is 8.57. The van der Waals surface area contributed by atoms with Crippen molar-refractivity contribution in [3.05, 3.63) is 0 Å². The number of nitrogens with two attached hydrogens (primary N) is 1. The first-order valence-electron chi connectivity index (χ1n) is 2.31. The predicted octanol–water partition coefficient (Wildman–Crippen LogP) is 0.139. The van der Waals surface area contributed by atoms with Crippen LogP contribution in [-0.4, -0.2) is 38.5 Å². The Morgan fingerprint density at radius 3 is 2.00 bits per heavy atom. The molecule has 3 nitrogen and oxygen atoms in total. The molecule has 0 spiro atoms. The summed E-state index contributed by atoms with van der Waals surface area (Å²) in [7, 11) is 0. The molecule has 0 bridgehead atoms. The third-order valence-corrected chi connectivity index (χ3v) is 1.34. The Balaban J connectivity index is 0. The van der Waals surface area contributed by atoms with Crippen LogP contribution in [0.2, 0.25) is 5.32 Å². The average Bonchev–Trinajstić information content (AvgIpc) is 1.88. The van der Waals surface area contributed by atoms with E-state index in [9.17, 15) is 4.79 Å². The fourth-order valence-electron chi connectivity index (χ4n) is 0.0781. The Morgan fingerprint density at radius 1 is 1.70 bits per heavy atom. The van der Waals surface area contributed by atoms with Gasteiger partial charge in [-0.05, 0) is 0 Å². The van der Waals surface area contributed by atoms with Crippen molar-refractivity contribution >= 4 is 45.2 Å². The maximum atomic E-state index is 9.80. The second-order valence-electron chi connectivity index (χ2n) is 1.23. The van der Waals surface area contributed by atoms with Crippen molar-refractivity contribution in [2.75, 3.05) is 5.34 Å². The monoisotopic (exact) mass is 253 g/mol. The summed E-state index contributed by atoms with van der Waals surface area (Å²) in [6.45, 7) is 0. The fraction of sp³-hybridized carbons (Fsp3) is 0.750. The Morgan fingerprint density at radius 2 is 2.00 bits per heavy atom. The van der Waals surface area contributed by atoms with Gasteiger partial charge in [0.25, 0.3) is 0 Å². The van der Waals surface area contributed by atoms with Crippen molar-refractivity contribution in [1.29, 1.82) is 0 Å². The minimum absolute atomic E-state index is 0.194. The first kappa shape index (κ1) is 13.1. The third-order valence-electron chi connectivity index (χ3n) is 0.514. The quantitative estimate of drug-likeness (QED) is 0.543. The van der Waals surface area contributed by atoms with Gasteiger partial charge in [-0.15, -0.1) is 23.2 Å². The van der Waals surface area contributed by atoms with Gasteiger partial charge in [-0.2, -0.15) is 0 Å². The molecule has 0 saturated carbocycles. The molecule has 1 unspecified atom stereocenters. The van der Waals surface area contributed by atoms with Crippen LogP contribution >= 0.6 is 23.2 Å². The number of carboxylic acid groups (broad SMARTS) is 1. The first-order chi connectivity index (χ1) is 4.59. The number of hydrogen-bond donors (Lipinski definition) is 2. The minimum atomic E-state index is -0.944. The van der Waals surface area contributed by atoms with Crippen molar-refractivity contribution < 1.29 is 9.90 Å². The number of aliphatic carboxylic acids is 1. The molecule has 0 aliphatic rings. The first-order valence-corrected chi connectivity index (χ1v) is 4.70. The summed E-state index contributed by atoms with van der Waals surface area (Å²) in [6.07, 6.45) is 0. The SMILES string of the molecule is ClCCl.NC(C[SeH])C(=O)O. The van der Waals surface area contributed by atoms with Gasteiger partial charge in [0.15, 0.2) is 0 Å². The summed E-state index contributed by atoms with van der Waals surface area (Å²) in [5, 5.41) is 8.67. The van der Waals surface area contributed by atoms with Gasteiger partial charge in [-0.25, -0.2) is 0 Å². The molecule has 0 saturated heterocycles. The molecule has 0 fully saturated rings. The summed E-state index contributed by atoms with van der Waals surface area (Å²) in [6, 6.07) is -0.708. The van der Waals surface area contributed by atoms with Crippen molar-refractivity contribution in [3.8, 4) is 0 Å². The molecule has 1 atom stereocenters. The topological polar surface area (TPSA) is 63.3 Å². The van der Waals surface area contributed by atoms with E-state index in [0.717, 1.165) is 0 Å². The summed E-state index contributed by atoms with van der Waals surface area (Å²) in [4.78, 5) is 9.80. The second kappa shape index (κ2) is 9.53. The molecular weight excluding hydrogens is 244 g/mol. The van der Waals surface area contributed by atoms with E-state index in [1.807, 2.05) is 0 Å². The number of carbonyl (C=O) groups is 1. The van der Waals surface area contributed by atoms with Gasteiger partial charge in [0.05, 0.1) is 5.34 Å².